The minimum Gasteiger partial charge on any atom is -0.382 e. The van der Waals surface area contributed by atoms with Crippen LogP contribution >= 0.6 is 0 Å². The summed E-state index contributed by atoms with van der Waals surface area (Å²) in [6, 6.07) is 7.60. The highest BCUT2D eigenvalue weighted by Gasteiger charge is 2.20. The number of nitrogens with zero attached hydrogens (tertiary/aromatic N) is 2. The van der Waals surface area contributed by atoms with Gasteiger partial charge in [-0.3, -0.25) is 4.90 Å². The maximum Gasteiger partial charge on any atom is 0.0376 e. The number of rotatable bonds is 3. The van der Waals surface area contributed by atoms with Crippen LogP contribution in [0.3, 0.4) is 0 Å². The number of hydrogen-bond acceptors (Lipinski definition) is 3. The van der Waals surface area contributed by atoms with Crippen molar-refractivity contribution in [2.24, 2.45) is 5.92 Å². The maximum absolute atomic E-state index is 3.59. The summed E-state index contributed by atoms with van der Waals surface area (Å²) in [5.74, 6) is 0.772. The van der Waals surface area contributed by atoms with E-state index < -0.39 is 0 Å². The zero-order chi connectivity index (χ0) is 14.8. The number of hydrogen-bond donors (Lipinski definition) is 1. The van der Waals surface area contributed by atoms with Crippen LogP contribution in [0.5, 0.6) is 0 Å². The van der Waals surface area contributed by atoms with Crippen molar-refractivity contribution in [3.05, 3.63) is 23.8 Å². The molecule has 1 saturated heterocycles. The Morgan fingerprint density at radius 2 is 1.95 bits per heavy atom. The van der Waals surface area contributed by atoms with E-state index in [1.807, 2.05) is 0 Å². The highest BCUT2D eigenvalue weighted by molar-refractivity contribution is 5.62. The lowest BCUT2D eigenvalue weighted by atomic mass is 9.98. The predicted octanol–water partition coefficient (Wildman–Crippen LogP) is 3.21. The van der Waals surface area contributed by atoms with Crippen molar-refractivity contribution in [3.8, 4) is 0 Å². The highest BCUT2D eigenvalue weighted by atomic mass is 15.3. The number of piperazine rings is 1. The maximum atomic E-state index is 3.59. The fraction of sp³-hybridized carbons (Fsp3) is 0.667. The Morgan fingerprint density at radius 1 is 1.19 bits per heavy atom. The van der Waals surface area contributed by atoms with Gasteiger partial charge < -0.3 is 10.2 Å². The van der Waals surface area contributed by atoms with Crippen molar-refractivity contribution >= 4 is 11.4 Å². The first kappa shape index (κ1) is 14.7. The minimum atomic E-state index is 0.614. The molecular weight excluding hydrogens is 258 g/mol. The van der Waals surface area contributed by atoms with Crippen LogP contribution in [0.25, 0.3) is 0 Å². The number of nitrogens with one attached hydrogen (secondary N) is 1. The van der Waals surface area contributed by atoms with Crippen LogP contribution in [-0.2, 0) is 6.42 Å². The van der Waals surface area contributed by atoms with Crippen molar-refractivity contribution in [2.45, 2.75) is 39.7 Å². The second-order valence-electron chi connectivity index (χ2n) is 7.11. The van der Waals surface area contributed by atoms with Gasteiger partial charge in [-0.1, -0.05) is 13.8 Å². The lowest BCUT2D eigenvalue weighted by molar-refractivity contribution is 0.231. The monoisotopic (exact) mass is 287 g/mol. The molecule has 0 aromatic heterocycles. The number of fused-ring (bicyclic) bond motifs is 1. The van der Waals surface area contributed by atoms with Crippen LogP contribution in [0.1, 0.15) is 32.8 Å². The second-order valence-corrected chi connectivity index (χ2v) is 7.11. The summed E-state index contributed by atoms with van der Waals surface area (Å²) < 4.78 is 0. The van der Waals surface area contributed by atoms with E-state index in [-0.39, 0.29) is 0 Å². The van der Waals surface area contributed by atoms with E-state index in [0.717, 1.165) is 19.0 Å². The Labute approximate surface area is 129 Å². The van der Waals surface area contributed by atoms with Gasteiger partial charge in [-0.25, -0.2) is 0 Å². The Hall–Kier alpha value is -1.22. The molecular formula is C18H29N3. The zero-order valence-corrected chi connectivity index (χ0v) is 13.7. The van der Waals surface area contributed by atoms with E-state index in [4.69, 9.17) is 0 Å². The van der Waals surface area contributed by atoms with Gasteiger partial charge in [0, 0.05) is 50.1 Å². The van der Waals surface area contributed by atoms with Crippen molar-refractivity contribution in [2.75, 3.05) is 42.9 Å². The zero-order valence-electron chi connectivity index (χ0n) is 13.7. The van der Waals surface area contributed by atoms with Crippen LogP contribution in [-0.4, -0.2) is 43.7 Å². The van der Waals surface area contributed by atoms with E-state index in [0.29, 0.717) is 6.04 Å². The molecule has 1 aromatic rings. The van der Waals surface area contributed by atoms with E-state index in [9.17, 15) is 0 Å². The van der Waals surface area contributed by atoms with Crippen molar-refractivity contribution in [1.82, 2.24) is 4.90 Å². The van der Waals surface area contributed by atoms with Crippen LogP contribution in [0.2, 0.25) is 0 Å². The third kappa shape index (κ3) is 3.52. The summed E-state index contributed by atoms with van der Waals surface area (Å²) in [5.41, 5.74) is 4.25. The van der Waals surface area contributed by atoms with Gasteiger partial charge in [0.25, 0.3) is 0 Å². The summed E-state index contributed by atoms with van der Waals surface area (Å²) in [6.07, 6.45) is 2.46. The predicted molar refractivity (Wildman–Crippen MR) is 91.3 cm³/mol. The highest BCUT2D eigenvalue weighted by Crippen LogP contribution is 2.29. The first-order valence-corrected chi connectivity index (χ1v) is 8.48. The molecule has 1 fully saturated rings. The van der Waals surface area contributed by atoms with Crippen molar-refractivity contribution in [3.63, 3.8) is 0 Å². The molecule has 0 radical (unpaired) electrons. The molecule has 2 aliphatic heterocycles. The lowest BCUT2D eigenvalue weighted by Crippen LogP contribution is -2.47. The summed E-state index contributed by atoms with van der Waals surface area (Å²) in [5, 5.41) is 3.59. The molecule has 3 nitrogen and oxygen atoms in total. The fourth-order valence-corrected chi connectivity index (χ4v) is 3.54. The first-order chi connectivity index (χ1) is 10.1. The van der Waals surface area contributed by atoms with Crippen molar-refractivity contribution < 1.29 is 0 Å². The minimum absolute atomic E-state index is 0.614. The Kier molecular flexibility index (Phi) is 4.39. The van der Waals surface area contributed by atoms with Crippen LogP contribution in [0, 0.1) is 5.92 Å². The average molecular weight is 287 g/mol. The molecule has 1 unspecified atom stereocenters. The van der Waals surface area contributed by atoms with Gasteiger partial charge >= 0.3 is 0 Å². The third-order valence-corrected chi connectivity index (χ3v) is 4.70. The molecule has 1 N–H and O–H groups in total. The molecule has 3 rings (SSSR count). The molecule has 1 aromatic carbocycles. The van der Waals surface area contributed by atoms with Gasteiger partial charge in [-0.2, -0.15) is 0 Å². The van der Waals surface area contributed by atoms with Crippen LogP contribution < -0.4 is 10.2 Å². The van der Waals surface area contributed by atoms with Gasteiger partial charge in [-0.15, -0.1) is 0 Å². The number of aryl methyl sites for hydroxylation is 1. The molecule has 0 aliphatic carbocycles. The van der Waals surface area contributed by atoms with E-state index in [1.54, 1.807) is 0 Å². The smallest absolute Gasteiger partial charge is 0.0376 e. The fourth-order valence-electron chi connectivity index (χ4n) is 3.54. The number of benzene rings is 1. The van der Waals surface area contributed by atoms with Crippen LogP contribution in [0.4, 0.5) is 11.4 Å². The largest absolute Gasteiger partial charge is 0.382 e. The van der Waals surface area contributed by atoms with Gasteiger partial charge in [0.1, 0.15) is 0 Å². The molecule has 2 heterocycles. The second kappa shape index (κ2) is 6.27. The van der Waals surface area contributed by atoms with Gasteiger partial charge in [-0.05, 0) is 49.4 Å². The summed E-state index contributed by atoms with van der Waals surface area (Å²) in [7, 11) is 0. The molecule has 0 spiro atoms. The van der Waals surface area contributed by atoms with E-state index >= 15 is 0 Å². The topological polar surface area (TPSA) is 18.5 Å². The molecule has 116 valence electrons. The van der Waals surface area contributed by atoms with E-state index in [2.05, 4.69) is 54.1 Å². The molecule has 2 aliphatic rings. The summed E-state index contributed by atoms with van der Waals surface area (Å²) in [4.78, 5) is 5.15. The van der Waals surface area contributed by atoms with Gasteiger partial charge in [0.2, 0.25) is 0 Å². The average Bonchev–Trinajstić information content (AvgIpc) is 2.47. The Bertz CT molecular complexity index is 475. The standard InChI is InChI=1S/C18H29N3/c1-14(2)13-20-8-10-21(11-9-20)17-6-7-18-16(12-17)5-4-15(3)19-18/h6-7,12,14-15,19H,4-5,8-11,13H2,1-3H3. The van der Waals surface area contributed by atoms with Gasteiger partial charge in [0.05, 0.1) is 0 Å². The normalized spacial score (nSPS) is 23.0. The Morgan fingerprint density at radius 3 is 2.67 bits per heavy atom. The Balaban J connectivity index is 1.63. The summed E-state index contributed by atoms with van der Waals surface area (Å²) in [6.45, 7) is 12.8. The summed E-state index contributed by atoms with van der Waals surface area (Å²) >= 11 is 0. The number of anilines is 2. The quantitative estimate of drug-likeness (QED) is 0.921. The molecule has 0 saturated carbocycles. The molecule has 0 amide bonds. The molecule has 1 atom stereocenters. The molecule has 0 bridgehead atoms. The lowest BCUT2D eigenvalue weighted by Gasteiger charge is -2.37. The SMILES string of the molecule is CC(C)CN1CCN(c2ccc3c(c2)CCC(C)N3)CC1. The van der Waals surface area contributed by atoms with E-state index in [1.165, 1.54) is 49.4 Å². The van der Waals surface area contributed by atoms with Crippen molar-refractivity contribution in [1.29, 1.82) is 0 Å². The molecule has 21 heavy (non-hydrogen) atoms. The first-order valence-electron chi connectivity index (χ1n) is 8.48. The molecule has 3 heteroatoms. The van der Waals surface area contributed by atoms with Crippen LogP contribution in [0.15, 0.2) is 18.2 Å². The van der Waals surface area contributed by atoms with Gasteiger partial charge in [0.15, 0.2) is 0 Å². The third-order valence-electron chi connectivity index (χ3n) is 4.70.